The van der Waals surface area contributed by atoms with Gasteiger partial charge in [0.2, 0.25) is 15.9 Å². The van der Waals surface area contributed by atoms with Crippen LogP contribution in [0.1, 0.15) is 23.8 Å². The second-order valence-electron chi connectivity index (χ2n) is 7.49. The summed E-state index contributed by atoms with van der Waals surface area (Å²) in [5, 5.41) is 4.96. The van der Waals surface area contributed by atoms with Gasteiger partial charge in [-0.3, -0.25) is 4.79 Å². The first-order chi connectivity index (χ1) is 14.2. The number of benzene rings is 1. The second kappa shape index (κ2) is 9.51. The molecule has 1 aliphatic heterocycles. The number of sulfonamides is 1. The van der Waals surface area contributed by atoms with Crippen molar-refractivity contribution in [2.75, 3.05) is 33.7 Å². The third kappa shape index (κ3) is 5.05. The minimum Gasteiger partial charge on any atom is -0.354 e. The molecule has 1 unspecified atom stereocenters. The van der Waals surface area contributed by atoms with Crippen LogP contribution < -0.4 is 5.32 Å². The predicted octanol–water partition coefficient (Wildman–Crippen LogP) is 2.85. The van der Waals surface area contributed by atoms with E-state index < -0.39 is 26.6 Å². The van der Waals surface area contributed by atoms with Crippen LogP contribution in [0.15, 0.2) is 40.6 Å². The van der Waals surface area contributed by atoms with Crippen LogP contribution in [0.2, 0.25) is 0 Å². The third-order valence-electron chi connectivity index (χ3n) is 5.30. The molecule has 1 amide bonds. The van der Waals surface area contributed by atoms with Crippen LogP contribution in [0, 0.1) is 17.6 Å². The van der Waals surface area contributed by atoms with Crippen LogP contribution in [0.5, 0.6) is 0 Å². The first-order valence-electron chi connectivity index (χ1n) is 9.63. The summed E-state index contributed by atoms with van der Waals surface area (Å²) in [6.07, 6.45) is 0.654. The minimum absolute atomic E-state index is 0.0605. The number of piperidine rings is 1. The molecular formula is C20H25F2N3O3S2. The Balaban J connectivity index is 1.58. The van der Waals surface area contributed by atoms with Gasteiger partial charge in [-0.25, -0.2) is 17.2 Å². The highest BCUT2D eigenvalue weighted by Gasteiger charge is 2.34. The molecule has 1 N–H and O–H groups in total. The van der Waals surface area contributed by atoms with E-state index in [4.69, 9.17) is 0 Å². The molecule has 1 atom stereocenters. The molecule has 1 saturated heterocycles. The zero-order valence-electron chi connectivity index (χ0n) is 16.8. The van der Waals surface area contributed by atoms with Crippen LogP contribution in [0.3, 0.4) is 0 Å². The molecule has 6 nitrogen and oxygen atoms in total. The summed E-state index contributed by atoms with van der Waals surface area (Å²) < 4.78 is 53.8. The lowest BCUT2D eigenvalue weighted by molar-refractivity contribution is -0.126. The quantitative estimate of drug-likeness (QED) is 0.694. The van der Waals surface area contributed by atoms with Gasteiger partial charge < -0.3 is 10.2 Å². The molecule has 0 radical (unpaired) electrons. The number of carbonyl (C=O) groups excluding carboxylic acids is 1. The lowest BCUT2D eigenvalue weighted by Gasteiger charge is -2.31. The molecular weight excluding hydrogens is 432 g/mol. The number of thiophene rings is 1. The van der Waals surface area contributed by atoms with Crippen LogP contribution in [0.4, 0.5) is 8.78 Å². The fourth-order valence-corrected chi connectivity index (χ4v) is 6.00. The number of amides is 1. The zero-order valence-corrected chi connectivity index (χ0v) is 18.5. The monoisotopic (exact) mass is 457 g/mol. The molecule has 0 aliphatic carbocycles. The summed E-state index contributed by atoms with van der Waals surface area (Å²) in [6.45, 7) is 0.621. The van der Waals surface area contributed by atoms with Crippen LogP contribution >= 0.6 is 11.3 Å². The highest BCUT2D eigenvalue weighted by atomic mass is 32.2. The Kier molecular flexibility index (Phi) is 7.22. The van der Waals surface area contributed by atoms with Crippen molar-refractivity contribution in [3.63, 3.8) is 0 Å². The predicted molar refractivity (Wildman–Crippen MR) is 112 cm³/mol. The number of hydrogen-bond acceptors (Lipinski definition) is 5. The topological polar surface area (TPSA) is 69.7 Å². The van der Waals surface area contributed by atoms with Gasteiger partial charge in [-0.1, -0.05) is 6.07 Å². The zero-order chi connectivity index (χ0) is 21.9. The van der Waals surface area contributed by atoms with E-state index in [9.17, 15) is 22.0 Å². The molecule has 164 valence electrons. The second-order valence-corrected chi connectivity index (χ2v) is 10.4. The Morgan fingerprint density at radius 3 is 2.57 bits per heavy atom. The van der Waals surface area contributed by atoms with Crippen molar-refractivity contribution in [2.24, 2.45) is 5.92 Å². The van der Waals surface area contributed by atoms with Crippen molar-refractivity contribution in [3.8, 4) is 0 Å². The van der Waals surface area contributed by atoms with Gasteiger partial charge in [0.25, 0.3) is 0 Å². The first-order valence-corrected chi connectivity index (χ1v) is 11.9. The fraction of sp³-hybridized carbons (Fsp3) is 0.450. The molecule has 1 fully saturated rings. The van der Waals surface area contributed by atoms with Gasteiger partial charge in [0.05, 0.1) is 6.04 Å². The lowest BCUT2D eigenvalue weighted by Crippen LogP contribution is -2.44. The molecule has 30 heavy (non-hydrogen) atoms. The standard InChI is InChI=1S/C20H25F2N3O3S2/c1-24(2)17(18-4-3-11-29-18)13-23-20(26)14-7-9-25(10-8-14)30(27,28)19-12-15(21)5-6-16(19)22/h3-6,11-12,14,17H,7-10,13H2,1-2H3,(H,23,26). The van der Waals surface area contributed by atoms with Gasteiger partial charge in [-0.05, 0) is 56.6 Å². The third-order valence-corrected chi connectivity index (χ3v) is 8.19. The van der Waals surface area contributed by atoms with E-state index in [0.29, 0.717) is 25.5 Å². The number of nitrogens with zero attached hydrogens (tertiary/aromatic N) is 2. The number of likely N-dealkylation sites (N-methyl/N-ethyl adjacent to an activating group) is 1. The van der Waals surface area contributed by atoms with Crippen molar-refractivity contribution in [1.82, 2.24) is 14.5 Å². The van der Waals surface area contributed by atoms with Crippen molar-refractivity contribution in [3.05, 3.63) is 52.2 Å². The average molecular weight is 458 g/mol. The van der Waals surface area contributed by atoms with E-state index in [0.717, 1.165) is 21.3 Å². The van der Waals surface area contributed by atoms with Crippen LogP contribution in [-0.2, 0) is 14.8 Å². The summed E-state index contributed by atoms with van der Waals surface area (Å²) in [7, 11) is -0.250. The van der Waals surface area contributed by atoms with Gasteiger partial charge in [0.1, 0.15) is 16.5 Å². The lowest BCUT2D eigenvalue weighted by atomic mass is 9.97. The summed E-state index contributed by atoms with van der Waals surface area (Å²) >= 11 is 1.63. The van der Waals surface area contributed by atoms with E-state index >= 15 is 0 Å². The molecule has 2 aromatic rings. The van der Waals surface area contributed by atoms with Crippen molar-refractivity contribution in [2.45, 2.75) is 23.8 Å². The van der Waals surface area contributed by atoms with Gasteiger partial charge >= 0.3 is 0 Å². The fourth-order valence-electron chi connectivity index (χ4n) is 3.53. The van der Waals surface area contributed by atoms with Gasteiger partial charge in [-0.15, -0.1) is 11.3 Å². The highest BCUT2D eigenvalue weighted by molar-refractivity contribution is 7.89. The van der Waals surface area contributed by atoms with Crippen molar-refractivity contribution in [1.29, 1.82) is 0 Å². The largest absolute Gasteiger partial charge is 0.354 e. The number of halogens is 2. The van der Waals surface area contributed by atoms with Crippen LogP contribution in [0.25, 0.3) is 0 Å². The van der Waals surface area contributed by atoms with E-state index in [-0.39, 0.29) is 31.0 Å². The Labute approximate surface area is 179 Å². The maximum atomic E-state index is 13.9. The average Bonchev–Trinajstić information content (AvgIpc) is 3.24. The van der Waals surface area contributed by atoms with E-state index in [1.165, 1.54) is 0 Å². The smallest absolute Gasteiger partial charge is 0.246 e. The Hall–Kier alpha value is -1.88. The number of rotatable bonds is 7. The van der Waals surface area contributed by atoms with E-state index in [1.54, 1.807) is 11.3 Å². The van der Waals surface area contributed by atoms with Gasteiger partial charge in [-0.2, -0.15) is 4.31 Å². The van der Waals surface area contributed by atoms with Gasteiger partial charge in [0.15, 0.2) is 0 Å². The van der Waals surface area contributed by atoms with Gasteiger partial charge in [0, 0.05) is 30.4 Å². The molecule has 1 aromatic carbocycles. The molecule has 0 spiro atoms. The maximum absolute atomic E-state index is 13.9. The molecule has 0 bridgehead atoms. The van der Waals surface area contributed by atoms with E-state index in [1.807, 2.05) is 36.5 Å². The Morgan fingerprint density at radius 1 is 1.27 bits per heavy atom. The maximum Gasteiger partial charge on any atom is 0.246 e. The molecule has 1 aliphatic rings. The summed E-state index contributed by atoms with van der Waals surface area (Å²) in [5.41, 5.74) is 0. The molecule has 2 heterocycles. The Bertz CT molecular complexity index is 973. The summed E-state index contributed by atoms with van der Waals surface area (Å²) in [4.78, 5) is 15.1. The van der Waals surface area contributed by atoms with Crippen LogP contribution in [-0.4, -0.2) is 57.3 Å². The summed E-state index contributed by atoms with van der Waals surface area (Å²) in [5.74, 6) is -2.24. The normalized spacial score (nSPS) is 17.2. The highest BCUT2D eigenvalue weighted by Crippen LogP contribution is 2.27. The molecule has 10 heteroatoms. The minimum atomic E-state index is -4.15. The van der Waals surface area contributed by atoms with E-state index in [2.05, 4.69) is 5.32 Å². The SMILES string of the molecule is CN(C)C(CNC(=O)C1CCN(S(=O)(=O)c2cc(F)ccc2F)CC1)c1cccs1. The number of hydrogen-bond donors (Lipinski definition) is 1. The molecule has 1 aromatic heterocycles. The number of nitrogens with one attached hydrogen (secondary N) is 1. The molecule has 3 rings (SSSR count). The first kappa shape index (κ1) is 22.8. The van der Waals surface area contributed by atoms with Crippen molar-refractivity contribution < 1.29 is 22.0 Å². The van der Waals surface area contributed by atoms with Crippen molar-refractivity contribution >= 4 is 27.3 Å². The number of carbonyl (C=O) groups is 1. The Morgan fingerprint density at radius 2 is 1.97 bits per heavy atom. The summed E-state index contributed by atoms with van der Waals surface area (Å²) in [6, 6.07) is 6.42. The molecule has 0 saturated carbocycles.